The highest BCUT2D eigenvalue weighted by atomic mass is 32.2. The smallest absolute Gasteiger partial charge is 0.293 e. The molecule has 0 aliphatic rings. The second-order valence-corrected chi connectivity index (χ2v) is 5.44. The number of thioether (sulfide) groups is 1. The van der Waals surface area contributed by atoms with Crippen molar-refractivity contribution in [2.24, 2.45) is 0 Å². The number of aryl methyl sites for hydroxylation is 1. The molecule has 0 unspecified atom stereocenters. The van der Waals surface area contributed by atoms with Crippen LogP contribution < -0.4 is 11.1 Å². The number of nitrogens with zero attached hydrogens (tertiary/aromatic N) is 3. The summed E-state index contributed by atoms with van der Waals surface area (Å²) in [6, 6.07) is 3.02. The van der Waals surface area contributed by atoms with Crippen molar-refractivity contribution in [3.63, 3.8) is 0 Å². The Morgan fingerprint density at radius 3 is 2.82 bits per heavy atom. The summed E-state index contributed by atoms with van der Waals surface area (Å²) in [5.41, 5.74) is 6.98. The van der Waals surface area contributed by atoms with E-state index in [9.17, 15) is 14.9 Å². The summed E-state index contributed by atoms with van der Waals surface area (Å²) in [6.45, 7) is 3.54. The van der Waals surface area contributed by atoms with Gasteiger partial charge in [0.15, 0.2) is 0 Å². The number of nitro groups is 1. The molecule has 1 heterocycles. The molecule has 0 radical (unpaired) electrons. The standard InChI is InChI=1S/C12H14N6O3S/c1-6-3-4-8(18(20)21)10(7(6)2)14-9(19)5-22-12-15-11(13)16-17-12/h3-4H,5H2,1-2H3,(H,14,19)(H3,13,15,16,17). The summed E-state index contributed by atoms with van der Waals surface area (Å²) >= 11 is 1.08. The van der Waals surface area contributed by atoms with Crippen LogP contribution in [0.3, 0.4) is 0 Å². The summed E-state index contributed by atoms with van der Waals surface area (Å²) in [6.07, 6.45) is 0. The summed E-state index contributed by atoms with van der Waals surface area (Å²) in [5.74, 6) is -0.208. The summed E-state index contributed by atoms with van der Waals surface area (Å²) in [4.78, 5) is 26.4. The Morgan fingerprint density at radius 1 is 1.50 bits per heavy atom. The lowest BCUT2D eigenvalue weighted by Gasteiger charge is -2.10. The minimum Gasteiger partial charge on any atom is -0.368 e. The molecule has 0 saturated carbocycles. The highest BCUT2D eigenvalue weighted by Gasteiger charge is 2.19. The average Bonchev–Trinajstić information content (AvgIpc) is 2.87. The van der Waals surface area contributed by atoms with Crippen molar-refractivity contribution in [1.82, 2.24) is 15.2 Å². The maximum atomic E-state index is 12.0. The van der Waals surface area contributed by atoms with Crippen LogP contribution in [-0.2, 0) is 4.79 Å². The van der Waals surface area contributed by atoms with Gasteiger partial charge < -0.3 is 11.1 Å². The van der Waals surface area contributed by atoms with Gasteiger partial charge in [0, 0.05) is 6.07 Å². The first-order valence-corrected chi connectivity index (χ1v) is 7.22. The van der Waals surface area contributed by atoms with E-state index in [1.165, 1.54) is 6.07 Å². The quantitative estimate of drug-likeness (QED) is 0.432. The molecule has 0 aliphatic heterocycles. The van der Waals surface area contributed by atoms with Crippen LogP contribution in [0.25, 0.3) is 0 Å². The van der Waals surface area contributed by atoms with Crippen LogP contribution in [0.5, 0.6) is 0 Å². The van der Waals surface area contributed by atoms with Crippen LogP contribution >= 0.6 is 11.8 Å². The predicted molar refractivity (Wildman–Crippen MR) is 82.7 cm³/mol. The number of anilines is 2. The van der Waals surface area contributed by atoms with E-state index < -0.39 is 4.92 Å². The molecule has 116 valence electrons. The molecule has 0 bridgehead atoms. The number of hydrogen-bond acceptors (Lipinski definition) is 7. The minimum absolute atomic E-state index is 0.0157. The van der Waals surface area contributed by atoms with Crippen LogP contribution in [0.4, 0.5) is 17.3 Å². The van der Waals surface area contributed by atoms with Gasteiger partial charge >= 0.3 is 0 Å². The number of nitrogen functional groups attached to an aromatic ring is 1. The van der Waals surface area contributed by atoms with Gasteiger partial charge in [-0.15, -0.1) is 5.10 Å². The van der Waals surface area contributed by atoms with E-state index in [1.807, 2.05) is 6.92 Å². The fourth-order valence-electron chi connectivity index (χ4n) is 1.74. The van der Waals surface area contributed by atoms with Gasteiger partial charge in [0.25, 0.3) is 5.69 Å². The molecule has 0 fully saturated rings. The lowest BCUT2D eigenvalue weighted by Crippen LogP contribution is -2.16. The fourth-order valence-corrected chi connectivity index (χ4v) is 2.35. The van der Waals surface area contributed by atoms with Gasteiger partial charge in [0.2, 0.25) is 17.0 Å². The van der Waals surface area contributed by atoms with Gasteiger partial charge in [-0.3, -0.25) is 14.9 Å². The van der Waals surface area contributed by atoms with E-state index in [4.69, 9.17) is 5.73 Å². The highest BCUT2D eigenvalue weighted by molar-refractivity contribution is 7.99. The Hall–Kier alpha value is -2.62. The van der Waals surface area contributed by atoms with Gasteiger partial charge in [-0.1, -0.05) is 17.8 Å². The largest absolute Gasteiger partial charge is 0.368 e. The second kappa shape index (κ2) is 6.43. The molecule has 9 nitrogen and oxygen atoms in total. The Kier molecular flexibility index (Phi) is 4.61. The number of nitrogens with two attached hydrogens (primary N) is 1. The number of nitro benzene ring substituents is 1. The van der Waals surface area contributed by atoms with E-state index in [2.05, 4.69) is 20.5 Å². The van der Waals surface area contributed by atoms with E-state index >= 15 is 0 Å². The second-order valence-electron chi connectivity index (χ2n) is 4.50. The molecule has 4 N–H and O–H groups in total. The molecule has 0 saturated heterocycles. The van der Waals surface area contributed by atoms with Crippen LogP contribution in [0.2, 0.25) is 0 Å². The third-order valence-corrected chi connectivity index (χ3v) is 3.84. The minimum atomic E-state index is -0.523. The number of H-pyrrole nitrogens is 1. The molecule has 0 atom stereocenters. The number of aromatic amines is 1. The Morgan fingerprint density at radius 2 is 2.23 bits per heavy atom. The molecule has 1 amide bonds. The maximum Gasteiger partial charge on any atom is 0.293 e. The first kappa shape index (κ1) is 15.8. The van der Waals surface area contributed by atoms with Crippen molar-refractivity contribution in [2.75, 3.05) is 16.8 Å². The summed E-state index contributed by atoms with van der Waals surface area (Å²) < 4.78 is 0. The van der Waals surface area contributed by atoms with Crippen LogP contribution in [-0.4, -0.2) is 31.8 Å². The Balaban J connectivity index is 2.11. The lowest BCUT2D eigenvalue weighted by molar-refractivity contribution is -0.384. The number of aromatic nitrogens is 3. The number of nitrogens with one attached hydrogen (secondary N) is 2. The molecule has 10 heteroatoms. The molecule has 1 aromatic carbocycles. The average molecular weight is 322 g/mol. The summed E-state index contributed by atoms with van der Waals surface area (Å²) in [7, 11) is 0. The van der Waals surface area contributed by atoms with Gasteiger partial charge in [-0.2, -0.15) is 4.98 Å². The number of carbonyl (C=O) groups excluding carboxylic acids is 1. The van der Waals surface area contributed by atoms with Crippen molar-refractivity contribution in [3.8, 4) is 0 Å². The predicted octanol–water partition coefficient (Wildman–Crippen LogP) is 1.64. The first-order valence-electron chi connectivity index (χ1n) is 6.23. The molecule has 2 aromatic rings. The van der Waals surface area contributed by atoms with Crippen LogP contribution in [0.1, 0.15) is 11.1 Å². The van der Waals surface area contributed by atoms with E-state index in [0.717, 1.165) is 17.3 Å². The molecule has 22 heavy (non-hydrogen) atoms. The zero-order valence-corrected chi connectivity index (χ0v) is 12.7. The van der Waals surface area contributed by atoms with E-state index in [-0.39, 0.29) is 29.0 Å². The van der Waals surface area contributed by atoms with Crippen molar-refractivity contribution in [2.45, 2.75) is 19.0 Å². The number of amides is 1. The SMILES string of the molecule is Cc1ccc([N+](=O)[O-])c(NC(=O)CSc2n[nH]c(N)n2)c1C. The third kappa shape index (κ3) is 3.52. The molecule has 2 rings (SSSR count). The molecular weight excluding hydrogens is 308 g/mol. The van der Waals surface area contributed by atoms with Gasteiger partial charge in [0.05, 0.1) is 10.7 Å². The molecule has 1 aromatic heterocycles. The zero-order valence-electron chi connectivity index (χ0n) is 11.9. The summed E-state index contributed by atoms with van der Waals surface area (Å²) in [5, 5.41) is 20.2. The first-order chi connectivity index (χ1) is 10.4. The van der Waals surface area contributed by atoms with E-state index in [1.54, 1.807) is 13.0 Å². The normalized spacial score (nSPS) is 10.5. The molecule has 0 aliphatic carbocycles. The Bertz CT molecular complexity index is 730. The van der Waals surface area contributed by atoms with Gasteiger partial charge in [-0.05, 0) is 25.0 Å². The van der Waals surface area contributed by atoms with Crippen molar-refractivity contribution >= 4 is 35.0 Å². The van der Waals surface area contributed by atoms with Crippen LogP contribution in [0, 0.1) is 24.0 Å². The van der Waals surface area contributed by atoms with Gasteiger partial charge in [-0.25, -0.2) is 5.10 Å². The number of carbonyl (C=O) groups is 1. The topological polar surface area (TPSA) is 140 Å². The monoisotopic (exact) mass is 322 g/mol. The lowest BCUT2D eigenvalue weighted by atomic mass is 10.1. The molecule has 0 spiro atoms. The maximum absolute atomic E-state index is 12.0. The van der Waals surface area contributed by atoms with Gasteiger partial charge in [0.1, 0.15) is 5.69 Å². The third-order valence-electron chi connectivity index (χ3n) is 2.99. The van der Waals surface area contributed by atoms with Crippen molar-refractivity contribution < 1.29 is 9.72 Å². The van der Waals surface area contributed by atoms with Crippen molar-refractivity contribution in [3.05, 3.63) is 33.4 Å². The molecular formula is C12H14N6O3S. The number of benzene rings is 1. The highest BCUT2D eigenvalue weighted by Crippen LogP contribution is 2.30. The number of hydrogen-bond donors (Lipinski definition) is 3. The fraction of sp³-hybridized carbons (Fsp3) is 0.250. The van der Waals surface area contributed by atoms with E-state index in [0.29, 0.717) is 10.7 Å². The van der Waals surface area contributed by atoms with Crippen LogP contribution in [0.15, 0.2) is 17.3 Å². The zero-order chi connectivity index (χ0) is 16.3. The Labute approximate surface area is 129 Å². The number of rotatable bonds is 5. The van der Waals surface area contributed by atoms with Crippen molar-refractivity contribution in [1.29, 1.82) is 0 Å².